The molecule has 0 aliphatic rings. The van der Waals surface area contributed by atoms with E-state index in [4.69, 9.17) is 15.3 Å². The molecule has 7 nitrogen and oxygen atoms in total. The van der Waals surface area contributed by atoms with E-state index in [1.54, 1.807) is 0 Å². The minimum Gasteiger partial charge on any atom is -0.463 e. The Balaban J connectivity index is 2.75. The maximum absolute atomic E-state index is 5.65. The van der Waals surface area contributed by atoms with Crippen LogP contribution >= 0.6 is 0 Å². The molecule has 1 heterocycles. The molecule has 108 valence electrons. The van der Waals surface area contributed by atoms with Crippen LogP contribution < -0.4 is 20.7 Å². The van der Waals surface area contributed by atoms with Crippen LogP contribution in [-0.2, 0) is 0 Å². The number of anilines is 1. The molecule has 0 saturated heterocycles. The Morgan fingerprint density at radius 1 is 1.16 bits per heavy atom. The van der Waals surface area contributed by atoms with Crippen LogP contribution in [0.4, 0.5) is 5.95 Å². The van der Waals surface area contributed by atoms with E-state index in [1.807, 2.05) is 13.8 Å². The van der Waals surface area contributed by atoms with Gasteiger partial charge in [0.2, 0.25) is 5.95 Å². The molecule has 3 N–H and O–H groups in total. The first-order valence-corrected chi connectivity index (χ1v) is 6.57. The molecule has 0 bridgehead atoms. The third-order valence-corrected chi connectivity index (χ3v) is 2.27. The van der Waals surface area contributed by atoms with Gasteiger partial charge in [0.25, 0.3) is 0 Å². The molecule has 0 saturated carbocycles. The van der Waals surface area contributed by atoms with Crippen molar-refractivity contribution >= 4 is 5.95 Å². The summed E-state index contributed by atoms with van der Waals surface area (Å²) in [6.07, 6.45) is 1.81. The minimum atomic E-state index is 0.0204. The van der Waals surface area contributed by atoms with Gasteiger partial charge < -0.3 is 9.47 Å². The summed E-state index contributed by atoms with van der Waals surface area (Å²) in [5.41, 5.74) is 2.38. The maximum atomic E-state index is 5.65. The zero-order valence-corrected chi connectivity index (χ0v) is 12.0. The van der Waals surface area contributed by atoms with Crippen molar-refractivity contribution in [1.82, 2.24) is 15.0 Å². The minimum absolute atomic E-state index is 0.0204. The van der Waals surface area contributed by atoms with Crippen LogP contribution in [0.15, 0.2) is 0 Å². The van der Waals surface area contributed by atoms with Gasteiger partial charge in [-0.1, -0.05) is 20.8 Å². The molecule has 1 unspecified atom stereocenters. The lowest BCUT2D eigenvalue weighted by Crippen LogP contribution is -2.18. The van der Waals surface area contributed by atoms with Gasteiger partial charge in [-0.05, 0) is 25.7 Å². The van der Waals surface area contributed by atoms with Gasteiger partial charge >= 0.3 is 12.0 Å². The lowest BCUT2D eigenvalue weighted by Gasteiger charge is -2.15. The van der Waals surface area contributed by atoms with E-state index < -0.39 is 0 Å². The molecular weight excluding hydrogens is 246 g/mol. The largest absolute Gasteiger partial charge is 0.463 e. The number of rotatable bonds is 8. The Kier molecular flexibility index (Phi) is 6.27. The van der Waals surface area contributed by atoms with Crippen LogP contribution in [0.5, 0.6) is 12.0 Å². The number of nitrogen functional groups attached to an aromatic ring is 1. The highest BCUT2D eigenvalue weighted by atomic mass is 16.5. The molecule has 0 aromatic carbocycles. The Bertz CT molecular complexity index is 386. The second kappa shape index (κ2) is 7.73. The van der Waals surface area contributed by atoms with E-state index in [0.717, 1.165) is 12.8 Å². The summed E-state index contributed by atoms with van der Waals surface area (Å²) in [7, 11) is 0. The van der Waals surface area contributed by atoms with Crippen molar-refractivity contribution in [3.8, 4) is 12.0 Å². The van der Waals surface area contributed by atoms with Crippen molar-refractivity contribution in [2.75, 3.05) is 12.0 Å². The second-order valence-electron chi connectivity index (χ2n) is 4.77. The van der Waals surface area contributed by atoms with E-state index in [2.05, 4.69) is 34.2 Å². The fraction of sp³-hybridized carbons (Fsp3) is 0.750. The van der Waals surface area contributed by atoms with Crippen LogP contribution in [0.3, 0.4) is 0 Å². The fourth-order valence-corrected chi connectivity index (χ4v) is 1.61. The first-order valence-electron chi connectivity index (χ1n) is 6.57. The van der Waals surface area contributed by atoms with Gasteiger partial charge in [0.05, 0.1) is 12.7 Å². The fourth-order valence-electron chi connectivity index (χ4n) is 1.61. The first-order chi connectivity index (χ1) is 9.05. The van der Waals surface area contributed by atoms with Crippen molar-refractivity contribution in [2.24, 2.45) is 11.8 Å². The van der Waals surface area contributed by atoms with Crippen LogP contribution in [-0.4, -0.2) is 27.7 Å². The van der Waals surface area contributed by atoms with Crippen molar-refractivity contribution in [3.05, 3.63) is 0 Å². The summed E-state index contributed by atoms with van der Waals surface area (Å²) < 4.78 is 11.0. The Morgan fingerprint density at radius 3 is 2.42 bits per heavy atom. The molecule has 0 aliphatic carbocycles. The zero-order valence-electron chi connectivity index (χ0n) is 12.0. The van der Waals surface area contributed by atoms with Gasteiger partial charge in [-0.3, -0.25) is 5.43 Å². The van der Waals surface area contributed by atoms with Crippen LogP contribution in [0.25, 0.3) is 0 Å². The first kappa shape index (κ1) is 15.4. The summed E-state index contributed by atoms with van der Waals surface area (Å²) in [5.74, 6) is 6.08. The van der Waals surface area contributed by atoms with Crippen LogP contribution in [0.1, 0.15) is 40.5 Å². The van der Waals surface area contributed by atoms with E-state index in [1.165, 1.54) is 0 Å². The van der Waals surface area contributed by atoms with Gasteiger partial charge in [0, 0.05) is 0 Å². The predicted octanol–water partition coefficient (Wildman–Crippen LogP) is 1.76. The van der Waals surface area contributed by atoms with E-state index in [-0.39, 0.29) is 24.1 Å². The molecule has 1 atom stereocenters. The van der Waals surface area contributed by atoms with Crippen molar-refractivity contribution in [1.29, 1.82) is 0 Å². The number of nitrogens with two attached hydrogens (primary N) is 1. The lowest BCUT2D eigenvalue weighted by molar-refractivity contribution is 0.173. The van der Waals surface area contributed by atoms with E-state index in [0.29, 0.717) is 12.5 Å². The predicted molar refractivity (Wildman–Crippen MR) is 73.0 cm³/mol. The van der Waals surface area contributed by atoms with E-state index in [9.17, 15) is 0 Å². The highest BCUT2D eigenvalue weighted by Gasteiger charge is 2.12. The van der Waals surface area contributed by atoms with Crippen molar-refractivity contribution < 1.29 is 9.47 Å². The smallest absolute Gasteiger partial charge is 0.324 e. The van der Waals surface area contributed by atoms with Gasteiger partial charge in [-0.2, -0.15) is 9.97 Å². The zero-order chi connectivity index (χ0) is 14.3. The third-order valence-electron chi connectivity index (χ3n) is 2.27. The summed E-state index contributed by atoms with van der Waals surface area (Å²) in [5, 5.41) is 0. The molecule has 7 heteroatoms. The Hall–Kier alpha value is -1.63. The average molecular weight is 269 g/mol. The molecule has 0 radical (unpaired) electrons. The number of hydrazine groups is 1. The maximum Gasteiger partial charge on any atom is 0.324 e. The molecule has 1 rings (SSSR count). The van der Waals surface area contributed by atoms with Gasteiger partial charge in [-0.25, -0.2) is 5.84 Å². The summed E-state index contributed by atoms with van der Waals surface area (Å²) in [6.45, 7) is 8.79. The molecule has 1 aromatic heterocycles. The highest BCUT2D eigenvalue weighted by Crippen LogP contribution is 2.16. The SMILES string of the molecule is CCCOc1nc(NN)nc(OC(C)CC(C)C)n1. The van der Waals surface area contributed by atoms with Crippen molar-refractivity contribution in [2.45, 2.75) is 46.6 Å². The van der Waals surface area contributed by atoms with Gasteiger partial charge in [-0.15, -0.1) is 4.98 Å². The van der Waals surface area contributed by atoms with Crippen LogP contribution in [0.2, 0.25) is 0 Å². The van der Waals surface area contributed by atoms with Gasteiger partial charge in [0.15, 0.2) is 0 Å². The summed E-state index contributed by atoms with van der Waals surface area (Å²) in [4.78, 5) is 12.1. The molecule has 0 fully saturated rings. The third kappa shape index (κ3) is 5.69. The molecular formula is C12H23N5O2. The Labute approximate surface area is 113 Å². The summed E-state index contributed by atoms with van der Waals surface area (Å²) >= 11 is 0. The lowest BCUT2D eigenvalue weighted by atomic mass is 10.1. The standard InChI is InChI=1S/C12H23N5O2/c1-5-6-18-11-14-10(17-13)15-12(16-11)19-9(4)7-8(2)3/h8-9H,5-7,13H2,1-4H3,(H,14,15,16,17). The van der Waals surface area contributed by atoms with Gasteiger partial charge in [0.1, 0.15) is 0 Å². The number of hydrogen-bond acceptors (Lipinski definition) is 7. The second-order valence-corrected chi connectivity index (χ2v) is 4.77. The van der Waals surface area contributed by atoms with Crippen LogP contribution in [0, 0.1) is 5.92 Å². The number of ether oxygens (including phenoxy) is 2. The molecule has 0 spiro atoms. The van der Waals surface area contributed by atoms with Crippen molar-refractivity contribution in [3.63, 3.8) is 0 Å². The monoisotopic (exact) mass is 269 g/mol. The quantitative estimate of drug-likeness (QED) is 0.548. The Morgan fingerprint density at radius 2 is 1.84 bits per heavy atom. The number of aromatic nitrogens is 3. The number of nitrogens with zero attached hydrogens (tertiary/aromatic N) is 3. The summed E-state index contributed by atoms with van der Waals surface area (Å²) in [6, 6.07) is 0.443. The number of hydrogen-bond donors (Lipinski definition) is 2. The molecule has 1 aromatic rings. The average Bonchev–Trinajstić information content (AvgIpc) is 2.34. The highest BCUT2D eigenvalue weighted by molar-refractivity contribution is 5.25. The molecule has 0 amide bonds. The normalized spacial score (nSPS) is 12.3. The topological polar surface area (TPSA) is 95.2 Å². The molecule has 19 heavy (non-hydrogen) atoms. The van der Waals surface area contributed by atoms with E-state index >= 15 is 0 Å². The molecule has 0 aliphatic heterocycles. The number of nitrogens with one attached hydrogen (secondary N) is 1.